The number of amides is 1. The number of carbonyl (C=O) groups excluding carboxylic acids is 2. The van der Waals surface area contributed by atoms with Gasteiger partial charge in [0.1, 0.15) is 6.54 Å². The smallest absolute Gasteiger partial charge is 0.341 e. The summed E-state index contributed by atoms with van der Waals surface area (Å²) in [7, 11) is 1.54. The van der Waals surface area contributed by atoms with Gasteiger partial charge in [-0.2, -0.15) is 5.10 Å². The summed E-state index contributed by atoms with van der Waals surface area (Å²) < 4.78 is 6.16. The third-order valence-corrected chi connectivity index (χ3v) is 1.73. The Labute approximate surface area is 87.2 Å². The van der Waals surface area contributed by atoms with Crippen molar-refractivity contribution in [2.24, 2.45) is 0 Å². The second kappa shape index (κ2) is 5.14. The van der Waals surface area contributed by atoms with Crippen LogP contribution in [0.25, 0.3) is 0 Å². The van der Waals surface area contributed by atoms with Crippen LogP contribution in [0.1, 0.15) is 17.3 Å². The van der Waals surface area contributed by atoms with Gasteiger partial charge in [0.15, 0.2) is 0 Å². The largest absolute Gasteiger partial charge is 0.462 e. The Morgan fingerprint density at radius 1 is 1.60 bits per heavy atom. The second-order valence-electron chi connectivity index (χ2n) is 2.82. The van der Waals surface area contributed by atoms with Crippen molar-refractivity contribution in [2.45, 2.75) is 13.5 Å². The van der Waals surface area contributed by atoms with E-state index in [1.54, 1.807) is 6.92 Å². The topological polar surface area (TPSA) is 73.2 Å². The number of esters is 1. The molecule has 0 saturated heterocycles. The molecule has 1 heterocycles. The Kier molecular flexibility index (Phi) is 3.84. The summed E-state index contributed by atoms with van der Waals surface area (Å²) in [5.41, 5.74) is 0.348. The molecule has 15 heavy (non-hydrogen) atoms. The third kappa shape index (κ3) is 3.08. The Bertz CT molecular complexity index is 359. The highest BCUT2D eigenvalue weighted by Crippen LogP contribution is 2.00. The van der Waals surface area contributed by atoms with Crippen LogP contribution >= 0.6 is 0 Å². The molecule has 0 bridgehead atoms. The predicted molar refractivity (Wildman–Crippen MR) is 52.3 cm³/mol. The van der Waals surface area contributed by atoms with E-state index in [9.17, 15) is 9.59 Å². The number of hydrogen-bond acceptors (Lipinski definition) is 4. The van der Waals surface area contributed by atoms with E-state index in [-0.39, 0.29) is 12.5 Å². The first-order valence-corrected chi connectivity index (χ1v) is 4.57. The zero-order valence-electron chi connectivity index (χ0n) is 8.69. The summed E-state index contributed by atoms with van der Waals surface area (Å²) in [5, 5.41) is 6.32. The molecule has 0 atom stereocenters. The Hall–Kier alpha value is -1.85. The van der Waals surface area contributed by atoms with Gasteiger partial charge in [-0.05, 0) is 6.92 Å². The normalized spacial score (nSPS) is 9.73. The quantitative estimate of drug-likeness (QED) is 0.700. The maximum Gasteiger partial charge on any atom is 0.341 e. The molecule has 1 aromatic heterocycles. The van der Waals surface area contributed by atoms with E-state index in [0.29, 0.717) is 12.2 Å². The molecule has 0 aliphatic rings. The average Bonchev–Trinajstić information content (AvgIpc) is 2.66. The van der Waals surface area contributed by atoms with E-state index < -0.39 is 5.97 Å². The molecule has 0 spiro atoms. The van der Waals surface area contributed by atoms with Crippen LogP contribution in [0.2, 0.25) is 0 Å². The molecular weight excluding hydrogens is 198 g/mol. The minimum atomic E-state index is -0.430. The van der Waals surface area contributed by atoms with Gasteiger partial charge in [-0.25, -0.2) is 4.79 Å². The van der Waals surface area contributed by atoms with Crippen molar-refractivity contribution in [3.8, 4) is 0 Å². The highest BCUT2D eigenvalue weighted by molar-refractivity contribution is 5.88. The van der Waals surface area contributed by atoms with Crippen LogP contribution in [-0.2, 0) is 16.1 Å². The van der Waals surface area contributed by atoms with Gasteiger partial charge < -0.3 is 10.1 Å². The molecule has 1 rings (SSSR count). The first-order valence-electron chi connectivity index (χ1n) is 4.57. The number of aromatic nitrogens is 2. The van der Waals surface area contributed by atoms with E-state index in [1.165, 1.54) is 24.1 Å². The van der Waals surface area contributed by atoms with Crippen molar-refractivity contribution in [2.75, 3.05) is 13.7 Å². The molecular formula is C9H13N3O3. The molecule has 0 radical (unpaired) electrons. The van der Waals surface area contributed by atoms with E-state index in [0.717, 1.165) is 0 Å². The monoisotopic (exact) mass is 211 g/mol. The van der Waals surface area contributed by atoms with Gasteiger partial charge in [0.2, 0.25) is 5.91 Å². The van der Waals surface area contributed by atoms with E-state index in [1.807, 2.05) is 0 Å². The average molecular weight is 211 g/mol. The van der Waals surface area contributed by atoms with E-state index in [2.05, 4.69) is 10.4 Å². The van der Waals surface area contributed by atoms with Gasteiger partial charge in [0.05, 0.1) is 18.4 Å². The summed E-state index contributed by atoms with van der Waals surface area (Å²) >= 11 is 0. The maximum absolute atomic E-state index is 11.2. The molecule has 1 N–H and O–H groups in total. The molecule has 0 aliphatic carbocycles. The van der Waals surface area contributed by atoms with Crippen LogP contribution < -0.4 is 5.32 Å². The molecule has 0 aliphatic heterocycles. The van der Waals surface area contributed by atoms with Crippen LogP contribution in [0.3, 0.4) is 0 Å². The first-order chi connectivity index (χ1) is 7.17. The van der Waals surface area contributed by atoms with Gasteiger partial charge in [-0.15, -0.1) is 0 Å². The number of nitrogens with zero attached hydrogens (tertiary/aromatic N) is 2. The van der Waals surface area contributed by atoms with E-state index in [4.69, 9.17) is 4.74 Å². The van der Waals surface area contributed by atoms with E-state index >= 15 is 0 Å². The molecule has 0 fully saturated rings. The first kappa shape index (κ1) is 11.2. The predicted octanol–water partition coefficient (Wildman–Crippen LogP) is -0.194. The third-order valence-electron chi connectivity index (χ3n) is 1.73. The lowest BCUT2D eigenvalue weighted by Crippen LogP contribution is -2.23. The zero-order chi connectivity index (χ0) is 11.3. The van der Waals surface area contributed by atoms with Crippen LogP contribution in [0.15, 0.2) is 12.4 Å². The number of rotatable bonds is 4. The molecule has 0 unspecified atom stereocenters. The standard InChI is InChI=1S/C9H13N3O3/c1-3-15-9(14)7-4-11-12(5-7)6-8(13)10-2/h4-5H,3,6H2,1-2H3,(H,10,13). The van der Waals surface area contributed by atoms with Crippen molar-refractivity contribution in [3.63, 3.8) is 0 Å². The zero-order valence-corrected chi connectivity index (χ0v) is 8.69. The molecule has 0 saturated carbocycles. The van der Waals surface area contributed by atoms with Crippen molar-refractivity contribution in [3.05, 3.63) is 18.0 Å². The van der Waals surface area contributed by atoms with Crippen molar-refractivity contribution >= 4 is 11.9 Å². The fraction of sp³-hybridized carbons (Fsp3) is 0.444. The fourth-order valence-corrected chi connectivity index (χ4v) is 0.996. The molecule has 0 aromatic carbocycles. The number of nitrogens with one attached hydrogen (secondary N) is 1. The van der Waals surface area contributed by atoms with Gasteiger partial charge in [0.25, 0.3) is 0 Å². The molecule has 1 amide bonds. The van der Waals surface area contributed by atoms with Crippen LogP contribution in [0.4, 0.5) is 0 Å². The van der Waals surface area contributed by atoms with Crippen LogP contribution in [-0.4, -0.2) is 35.3 Å². The van der Waals surface area contributed by atoms with Crippen molar-refractivity contribution in [1.29, 1.82) is 0 Å². The lowest BCUT2D eigenvalue weighted by Gasteiger charge is -1.99. The summed E-state index contributed by atoms with van der Waals surface area (Å²) in [4.78, 5) is 22.2. The van der Waals surface area contributed by atoms with Crippen LogP contribution in [0.5, 0.6) is 0 Å². The number of ether oxygens (including phenoxy) is 1. The molecule has 1 aromatic rings. The number of likely N-dealkylation sites (N-methyl/N-ethyl adjacent to an activating group) is 1. The highest BCUT2D eigenvalue weighted by atomic mass is 16.5. The molecule has 6 heteroatoms. The second-order valence-corrected chi connectivity index (χ2v) is 2.82. The Morgan fingerprint density at radius 3 is 2.93 bits per heavy atom. The van der Waals surface area contributed by atoms with Gasteiger partial charge in [0, 0.05) is 13.2 Å². The van der Waals surface area contributed by atoms with Crippen molar-refractivity contribution < 1.29 is 14.3 Å². The SMILES string of the molecule is CCOC(=O)c1cnn(CC(=O)NC)c1. The summed E-state index contributed by atoms with van der Waals surface area (Å²) in [6, 6.07) is 0. The minimum Gasteiger partial charge on any atom is -0.462 e. The fourth-order valence-electron chi connectivity index (χ4n) is 0.996. The summed E-state index contributed by atoms with van der Waals surface area (Å²) in [6.45, 7) is 2.14. The maximum atomic E-state index is 11.2. The summed E-state index contributed by atoms with van der Waals surface area (Å²) in [6.07, 6.45) is 2.86. The Balaban J connectivity index is 2.63. The lowest BCUT2D eigenvalue weighted by molar-refractivity contribution is -0.121. The Morgan fingerprint density at radius 2 is 2.33 bits per heavy atom. The lowest BCUT2D eigenvalue weighted by atomic mass is 10.4. The molecule has 6 nitrogen and oxygen atoms in total. The van der Waals surface area contributed by atoms with Crippen molar-refractivity contribution in [1.82, 2.24) is 15.1 Å². The van der Waals surface area contributed by atoms with Gasteiger partial charge >= 0.3 is 5.97 Å². The van der Waals surface area contributed by atoms with Crippen LogP contribution in [0, 0.1) is 0 Å². The number of hydrogen-bond donors (Lipinski definition) is 1. The van der Waals surface area contributed by atoms with Gasteiger partial charge in [-0.1, -0.05) is 0 Å². The summed E-state index contributed by atoms with van der Waals surface area (Å²) in [5.74, 6) is -0.603. The van der Waals surface area contributed by atoms with Gasteiger partial charge in [-0.3, -0.25) is 9.48 Å². The highest BCUT2D eigenvalue weighted by Gasteiger charge is 2.10. The number of carbonyl (C=O) groups is 2. The molecule has 82 valence electrons. The minimum absolute atomic E-state index is 0.0932.